The highest BCUT2D eigenvalue weighted by Gasteiger charge is 2.11. The number of ether oxygens (including phenoxy) is 1. The molecule has 1 rings (SSSR count). The SMILES string of the molecule is COC(SC)c1ccccc1C=O. The van der Waals surface area contributed by atoms with Gasteiger partial charge in [-0.25, -0.2) is 0 Å². The van der Waals surface area contributed by atoms with Crippen molar-refractivity contribution in [2.24, 2.45) is 0 Å². The molecule has 0 aliphatic heterocycles. The van der Waals surface area contributed by atoms with Crippen molar-refractivity contribution in [1.29, 1.82) is 0 Å². The van der Waals surface area contributed by atoms with E-state index >= 15 is 0 Å². The summed E-state index contributed by atoms with van der Waals surface area (Å²) in [4.78, 5) is 10.7. The van der Waals surface area contributed by atoms with Crippen LogP contribution in [-0.2, 0) is 4.74 Å². The molecule has 0 aliphatic carbocycles. The molecule has 0 saturated carbocycles. The van der Waals surface area contributed by atoms with Crippen molar-refractivity contribution in [3.63, 3.8) is 0 Å². The lowest BCUT2D eigenvalue weighted by Gasteiger charge is -2.14. The maximum atomic E-state index is 10.7. The second-order valence-electron chi connectivity index (χ2n) is 2.55. The summed E-state index contributed by atoms with van der Waals surface area (Å²) < 4.78 is 5.23. The van der Waals surface area contributed by atoms with E-state index in [0.29, 0.717) is 5.56 Å². The van der Waals surface area contributed by atoms with E-state index in [4.69, 9.17) is 4.74 Å². The molecule has 2 nitrogen and oxygen atoms in total. The van der Waals surface area contributed by atoms with Crippen LogP contribution in [0.1, 0.15) is 21.4 Å². The Balaban J connectivity index is 3.03. The van der Waals surface area contributed by atoms with Gasteiger partial charge in [0.05, 0.1) is 0 Å². The predicted molar refractivity (Wildman–Crippen MR) is 55.1 cm³/mol. The molecule has 0 fully saturated rings. The van der Waals surface area contributed by atoms with Gasteiger partial charge in [-0.05, 0) is 6.26 Å². The molecule has 0 bridgehead atoms. The summed E-state index contributed by atoms with van der Waals surface area (Å²) in [5.74, 6) is 0. The van der Waals surface area contributed by atoms with Crippen LogP contribution in [0, 0.1) is 0 Å². The van der Waals surface area contributed by atoms with Crippen molar-refractivity contribution in [3.05, 3.63) is 35.4 Å². The van der Waals surface area contributed by atoms with Crippen molar-refractivity contribution in [3.8, 4) is 0 Å². The number of carbonyl (C=O) groups is 1. The lowest BCUT2D eigenvalue weighted by Crippen LogP contribution is -2.00. The number of methoxy groups -OCH3 is 1. The zero-order chi connectivity index (χ0) is 9.68. The first-order valence-electron chi connectivity index (χ1n) is 3.93. The van der Waals surface area contributed by atoms with Gasteiger partial charge in [-0.1, -0.05) is 24.3 Å². The fraction of sp³-hybridized carbons (Fsp3) is 0.300. The average molecular weight is 196 g/mol. The van der Waals surface area contributed by atoms with E-state index in [1.807, 2.05) is 24.5 Å². The van der Waals surface area contributed by atoms with Gasteiger partial charge in [-0.3, -0.25) is 4.79 Å². The van der Waals surface area contributed by atoms with Gasteiger partial charge in [0, 0.05) is 18.2 Å². The molecule has 0 radical (unpaired) electrons. The minimum atomic E-state index is -0.0543. The Morgan fingerprint density at radius 2 is 2.15 bits per heavy atom. The first kappa shape index (κ1) is 10.3. The molecule has 0 spiro atoms. The maximum absolute atomic E-state index is 10.7. The quantitative estimate of drug-likeness (QED) is 0.546. The van der Waals surface area contributed by atoms with Crippen LogP contribution in [0.25, 0.3) is 0 Å². The van der Waals surface area contributed by atoms with Crippen LogP contribution >= 0.6 is 11.8 Å². The molecule has 0 N–H and O–H groups in total. The lowest BCUT2D eigenvalue weighted by molar-refractivity contribution is 0.111. The zero-order valence-corrected chi connectivity index (χ0v) is 8.51. The average Bonchev–Trinajstić information content (AvgIpc) is 2.20. The van der Waals surface area contributed by atoms with Gasteiger partial charge in [-0.2, -0.15) is 0 Å². The fourth-order valence-electron chi connectivity index (χ4n) is 1.18. The Morgan fingerprint density at radius 3 is 2.69 bits per heavy atom. The topological polar surface area (TPSA) is 26.3 Å². The van der Waals surface area contributed by atoms with E-state index in [1.165, 1.54) is 0 Å². The van der Waals surface area contributed by atoms with Gasteiger partial charge in [0.1, 0.15) is 11.7 Å². The Hall–Kier alpha value is -0.800. The number of rotatable bonds is 4. The predicted octanol–water partition coefficient (Wildman–Crippen LogP) is 2.51. The molecular formula is C10H12O2S. The number of hydrogen-bond acceptors (Lipinski definition) is 3. The van der Waals surface area contributed by atoms with E-state index in [-0.39, 0.29) is 5.44 Å². The minimum absolute atomic E-state index is 0.0543. The summed E-state index contributed by atoms with van der Waals surface area (Å²) in [6.45, 7) is 0. The normalized spacial score (nSPS) is 12.5. The highest BCUT2D eigenvalue weighted by atomic mass is 32.2. The fourth-order valence-corrected chi connectivity index (χ4v) is 1.84. The van der Waals surface area contributed by atoms with Crippen LogP contribution in [0.15, 0.2) is 24.3 Å². The largest absolute Gasteiger partial charge is 0.366 e. The molecule has 1 aromatic rings. The minimum Gasteiger partial charge on any atom is -0.366 e. The number of benzene rings is 1. The van der Waals surface area contributed by atoms with Crippen molar-refractivity contribution in [2.75, 3.05) is 13.4 Å². The van der Waals surface area contributed by atoms with Gasteiger partial charge in [0.2, 0.25) is 0 Å². The molecule has 13 heavy (non-hydrogen) atoms. The first-order chi connectivity index (χ1) is 6.33. The molecule has 70 valence electrons. The molecule has 0 amide bonds. The monoisotopic (exact) mass is 196 g/mol. The molecule has 1 aromatic carbocycles. The van der Waals surface area contributed by atoms with E-state index in [9.17, 15) is 4.79 Å². The Morgan fingerprint density at radius 1 is 1.46 bits per heavy atom. The van der Waals surface area contributed by atoms with E-state index in [1.54, 1.807) is 24.9 Å². The van der Waals surface area contributed by atoms with Crippen molar-refractivity contribution in [1.82, 2.24) is 0 Å². The van der Waals surface area contributed by atoms with Crippen LogP contribution in [-0.4, -0.2) is 19.7 Å². The molecule has 0 saturated heterocycles. The summed E-state index contributed by atoms with van der Waals surface area (Å²) >= 11 is 1.57. The number of aldehydes is 1. The summed E-state index contributed by atoms with van der Waals surface area (Å²) in [5, 5.41) is 0. The molecule has 0 aromatic heterocycles. The van der Waals surface area contributed by atoms with Crippen molar-refractivity contribution < 1.29 is 9.53 Å². The summed E-state index contributed by atoms with van der Waals surface area (Å²) in [6, 6.07) is 7.46. The summed E-state index contributed by atoms with van der Waals surface area (Å²) in [7, 11) is 1.64. The highest BCUT2D eigenvalue weighted by molar-refractivity contribution is 7.98. The third-order valence-corrected chi connectivity index (χ3v) is 2.68. The molecule has 0 heterocycles. The lowest BCUT2D eigenvalue weighted by atomic mass is 10.1. The van der Waals surface area contributed by atoms with Crippen molar-refractivity contribution in [2.45, 2.75) is 5.44 Å². The van der Waals surface area contributed by atoms with Gasteiger partial charge < -0.3 is 4.74 Å². The third kappa shape index (κ3) is 2.32. The molecular weight excluding hydrogens is 184 g/mol. The second kappa shape index (κ2) is 5.04. The molecule has 3 heteroatoms. The van der Waals surface area contributed by atoms with Gasteiger partial charge in [-0.15, -0.1) is 11.8 Å². The van der Waals surface area contributed by atoms with Gasteiger partial charge >= 0.3 is 0 Å². The van der Waals surface area contributed by atoms with Crippen LogP contribution in [0.4, 0.5) is 0 Å². The Bertz CT molecular complexity index is 282. The summed E-state index contributed by atoms with van der Waals surface area (Å²) in [5.41, 5.74) is 1.58. The zero-order valence-electron chi connectivity index (χ0n) is 7.69. The number of carbonyl (C=O) groups excluding carboxylic acids is 1. The number of thioether (sulfide) groups is 1. The summed E-state index contributed by atoms with van der Waals surface area (Å²) in [6.07, 6.45) is 2.81. The Labute approximate surface area is 82.3 Å². The molecule has 1 unspecified atom stereocenters. The molecule has 0 aliphatic rings. The van der Waals surface area contributed by atoms with E-state index < -0.39 is 0 Å². The number of hydrogen-bond donors (Lipinski definition) is 0. The third-order valence-electron chi connectivity index (χ3n) is 1.81. The second-order valence-corrected chi connectivity index (χ2v) is 3.45. The maximum Gasteiger partial charge on any atom is 0.150 e. The van der Waals surface area contributed by atoms with Crippen LogP contribution in [0.5, 0.6) is 0 Å². The van der Waals surface area contributed by atoms with Gasteiger partial charge in [0.15, 0.2) is 0 Å². The van der Waals surface area contributed by atoms with Crippen molar-refractivity contribution >= 4 is 18.0 Å². The Kier molecular flexibility index (Phi) is 3.99. The smallest absolute Gasteiger partial charge is 0.150 e. The van der Waals surface area contributed by atoms with Crippen LogP contribution < -0.4 is 0 Å². The van der Waals surface area contributed by atoms with Crippen LogP contribution in [0.3, 0.4) is 0 Å². The van der Waals surface area contributed by atoms with E-state index in [2.05, 4.69) is 0 Å². The van der Waals surface area contributed by atoms with Gasteiger partial charge in [0.25, 0.3) is 0 Å². The van der Waals surface area contributed by atoms with Crippen LogP contribution in [0.2, 0.25) is 0 Å². The highest BCUT2D eigenvalue weighted by Crippen LogP contribution is 2.28. The van der Waals surface area contributed by atoms with E-state index in [0.717, 1.165) is 11.8 Å². The first-order valence-corrected chi connectivity index (χ1v) is 5.22. The molecule has 1 atom stereocenters. The standard InChI is InChI=1S/C10H12O2S/c1-12-10(13-2)9-6-4-3-5-8(9)7-11/h3-7,10H,1-2H3.